The Morgan fingerprint density at radius 2 is 0.891 bits per heavy atom. The minimum absolute atomic E-state index is 0.0619. The Kier molecular flexibility index (Phi) is 15.0. The van der Waals surface area contributed by atoms with Crippen LogP contribution in [0, 0.1) is 6.92 Å². The zero-order chi connectivity index (χ0) is 44.8. The number of Topliss-reactive ketones (excluding diaryl/α,β-unsaturated/α-hetero) is 2. The number of aryl methyl sites for hydroxylation is 1. The van der Waals surface area contributed by atoms with Crippen LogP contribution in [0.25, 0.3) is 21.5 Å². The van der Waals surface area contributed by atoms with Crippen LogP contribution in [-0.4, -0.2) is 36.6 Å². The number of hydrogen-bond acceptors (Lipinski definition) is 8. The number of rotatable bonds is 15. The van der Waals surface area contributed by atoms with Crippen LogP contribution in [0.1, 0.15) is 65.9 Å². The van der Waals surface area contributed by atoms with Gasteiger partial charge in [-0.3, -0.25) is 9.59 Å². The molecule has 0 amide bonds. The second kappa shape index (κ2) is 21.5. The summed E-state index contributed by atoms with van der Waals surface area (Å²) in [6, 6.07) is 59.0. The largest absolute Gasteiger partial charge is 0.457 e. The molecule has 0 spiro atoms. The fraction of sp³-hybridized carbons (Fsp3) is 0.143. The third-order valence-electron chi connectivity index (χ3n) is 11.2. The van der Waals surface area contributed by atoms with Crippen LogP contribution in [0.2, 0.25) is 0 Å². The van der Waals surface area contributed by atoms with Gasteiger partial charge in [-0.2, -0.15) is 0 Å². The highest BCUT2D eigenvalue weighted by Gasteiger charge is 2.21. The molecule has 2 atom stereocenters. The highest BCUT2D eigenvalue weighted by Crippen LogP contribution is 2.25. The summed E-state index contributed by atoms with van der Waals surface area (Å²) in [5, 5.41) is 4.54. The number of fused-ring (bicyclic) bond motifs is 2. The highest BCUT2D eigenvalue weighted by molar-refractivity contribution is 5.92. The number of benzene rings is 8. The number of esters is 2. The first-order chi connectivity index (χ1) is 31.2. The van der Waals surface area contributed by atoms with E-state index in [1.807, 2.05) is 116 Å². The lowest BCUT2D eigenvalue weighted by Crippen LogP contribution is -2.23. The molecule has 320 valence electrons. The number of carbonyl (C=O) groups excluding carboxylic acids is 4. The minimum atomic E-state index is -0.420. The average Bonchev–Trinajstić information content (AvgIpc) is 3.33. The number of ether oxygens (including phenoxy) is 2. The molecular weight excluding hydrogens is 797 g/mol. The van der Waals surface area contributed by atoms with E-state index < -0.39 is 11.9 Å². The molecule has 8 rings (SSSR count). The number of hydrogen-bond donors (Lipinski definition) is 2. The molecule has 0 saturated carbocycles. The van der Waals surface area contributed by atoms with E-state index in [0.717, 1.165) is 54.9 Å². The molecule has 8 nitrogen and oxygen atoms in total. The summed E-state index contributed by atoms with van der Waals surface area (Å²) in [6.45, 7) is 2.60. The van der Waals surface area contributed by atoms with Gasteiger partial charge >= 0.3 is 11.9 Å². The lowest BCUT2D eigenvalue weighted by atomic mass is 9.90. The molecule has 2 unspecified atom stereocenters. The molecule has 8 aromatic rings. The van der Waals surface area contributed by atoms with Gasteiger partial charge in [0.25, 0.3) is 0 Å². The van der Waals surface area contributed by atoms with Gasteiger partial charge in [0.1, 0.15) is 23.9 Å². The van der Waals surface area contributed by atoms with Crippen molar-refractivity contribution in [3.05, 3.63) is 233 Å². The van der Waals surface area contributed by atoms with E-state index in [2.05, 4.69) is 18.2 Å². The summed E-state index contributed by atoms with van der Waals surface area (Å²) in [4.78, 5) is 50.4. The molecule has 0 radical (unpaired) electrons. The molecule has 0 saturated heterocycles. The molecule has 0 aliphatic rings. The van der Waals surface area contributed by atoms with Crippen LogP contribution in [0.3, 0.4) is 0 Å². The summed E-state index contributed by atoms with van der Waals surface area (Å²) in [5.74, 6) is -0.986. The van der Waals surface area contributed by atoms with E-state index in [9.17, 15) is 19.2 Å². The first kappa shape index (κ1) is 44.5. The van der Waals surface area contributed by atoms with Crippen LogP contribution in [-0.2, 0) is 33.8 Å². The summed E-state index contributed by atoms with van der Waals surface area (Å²) >= 11 is 0. The maximum atomic E-state index is 13.0. The molecule has 0 aliphatic carbocycles. The third-order valence-corrected chi connectivity index (χ3v) is 11.2. The van der Waals surface area contributed by atoms with Crippen molar-refractivity contribution in [2.24, 2.45) is 11.5 Å². The standard InChI is InChI=1S/C29H27NO3.C27H23NO3/c1-20-6-11-25(12-7-20)29(32)33-19-21-8-14-24(15-9-21)27(18-30)28(31)17-22-10-13-23-4-2-3-5-26(23)16-22;28-18-25(26(29)17-19-10-11-20-6-4-5-9-23(20)16-19)21-12-14-24(15-13-21)31-27(30)22-7-2-1-3-8-22/h2-16,27H,17-19,30H2,1H3;1-16,25H,17-18,28H2. The molecule has 8 aromatic carbocycles. The molecule has 8 heteroatoms. The fourth-order valence-corrected chi connectivity index (χ4v) is 7.53. The number of ketones is 2. The molecule has 0 aliphatic heterocycles. The van der Waals surface area contributed by atoms with E-state index in [-0.39, 0.29) is 43.2 Å². The molecule has 0 fully saturated rings. The molecule has 64 heavy (non-hydrogen) atoms. The van der Waals surface area contributed by atoms with Crippen molar-refractivity contribution in [1.29, 1.82) is 0 Å². The van der Waals surface area contributed by atoms with Crippen LogP contribution >= 0.6 is 0 Å². The zero-order valence-electron chi connectivity index (χ0n) is 35.7. The Bertz CT molecular complexity index is 2860. The van der Waals surface area contributed by atoms with Crippen LogP contribution < -0.4 is 16.2 Å². The van der Waals surface area contributed by atoms with Gasteiger partial charge in [0.05, 0.1) is 23.0 Å². The predicted molar refractivity (Wildman–Crippen MR) is 253 cm³/mol. The van der Waals surface area contributed by atoms with Gasteiger partial charge in [-0.25, -0.2) is 9.59 Å². The first-order valence-corrected chi connectivity index (χ1v) is 21.3. The molecule has 0 heterocycles. The van der Waals surface area contributed by atoms with E-state index >= 15 is 0 Å². The maximum Gasteiger partial charge on any atom is 0.343 e. The maximum absolute atomic E-state index is 13.0. The first-order valence-electron chi connectivity index (χ1n) is 21.3. The van der Waals surface area contributed by atoms with Gasteiger partial charge in [-0.1, -0.05) is 157 Å². The molecule has 4 N–H and O–H groups in total. The number of carbonyl (C=O) groups is 4. The second-order valence-corrected chi connectivity index (χ2v) is 15.7. The average molecular weight is 847 g/mol. The molecule has 0 bridgehead atoms. The Hall–Kier alpha value is -7.52. The van der Waals surface area contributed by atoms with Crippen molar-refractivity contribution in [2.45, 2.75) is 38.2 Å². The fourth-order valence-electron chi connectivity index (χ4n) is 7.53. The lowest BCUT2D eigenvalue weighted by Gasteiger charge is -2.15. The van der Waals surface area contributed by atoms with Crippen molar-refractivity contribution in [1.82, 2.24) is 0 Å². The minimum Gasteiger partial charge on any atom is -0.457 e. The van der Waals surface area contributed by atoms with Crippen molar-refractivity contribution in [3.8, 4) is 5.75 Å². The van der Waals surface area contributed by atoms with Crippen LogP contribution in [0.4, 0.5) is 0 Å². The topological polar surface area (TPSA) is 139 Å². The summed E-state index contributed by atoms with van der Waals surface area (Å²) in [7, 11) is 0. The summed E-state index contributed by atoms with van der Waals surface area (Å²) in [6.07, 6.45) is 0.653. The normalized spacial score (nSPS) is 11.8. The second-order valence-electron chi connectivity index (χ2n) is 15.7. The quantitative estimate of drug-likeness (QED) is 0.0768. The lowest BCUT2D eigenvalue weighted by molar-refractivity contribution is -0.120. The summed E-state index contributed by atoms with van der Waals surface area (Å²) in [5.41, 5.74) is 18.5. The Morgan fingerprint density at radius 3 is 1.39 bits per heavy atom. The molecular formula is C56H50N2O6. The molecule has 0 aromatic heterocycles. The Balaban J connectivity index is 0.000000192. The van der Waals surface area contributed by atoms with Gasteiger partial charge in [0.15, 0.2) is 0 Å². The SMILES string of the molecule is Cc1ccc(C(=O)OCc2ccc(C(CN)C(=O)Cc3ccc4ccccc4c3)cc2)cc1.NCC(C(=O)Cc1ccc2ccccc2c1)c1ccc(OC(=O)c2ccccc2)cc1. The van der Waals surface area contributed by atoms with Crippen molar-refractivity contribution < 1.29 is 28.7 Å². The van der Waals surface area contributed by atoms with Crippen molar-refractivity contribution >= 4 is 45.0 Å². The third kappa shape index (κ3) is 11.7. The van der Waals surface area contributed by atoms with Crippen LogP contribution in [0.15, 0.2) is 188 Å². The van der Waals surface area contributed by atoms with Gasteiger partial charge in [-0.05, 0) is 92.7 Å². The van der Waals surface area contributed by atoms with Crippen molar-refractivity contribution in [3.63, 3.8) is 0 Å². The van der Waals surface area contributed by atoms with E-state index in [4.69, 9.17) is 20.9 Å². The smallest absolute Gasteiger partial charge is 0.343 e. The van der Waals surface area contributed by atoms with Crippen molar-refractivity contribution in [2.75, 3.05) is 13.1 Å². The Labute approximate surface area is 373 Å². The summed E-state index contributed by atoms with van der Waals surface area (Å²) < 4.78 is 10.8. The van der Waals surface area contributed by atoms with Gasteiger partial charge in [-0.15, -0.1) is 0 Å². The predicted octanol–water partition coefficient (Wildman–Crippen LogP) is 10.3. The monoisotopic (exact) mass is 846 g/mol. The van der Waals surface area contributed by atoms with Gasteiger partial charge < -0.3 is 20.9 Å². The van der Waals surface area contributed by atoms with Gasteiger partial charge in [0, 0.05) is 25.9 Å². The van der Waals surface area contributed by atoms with E-state index in [1.165, 1.54) is 0 Å². The van der Waals surface area contributed by atoms with E-state index in [1.54, 1.807) is 60.7 Å². The Morgan fingerprint density at radius 1 is 0.453 bits per heavy atom. The van der Waals surface area contributed by atoms with Crippen LogP contribution in [0.5, 0.6) is 5.75 Å². The number of nitrogens with two attached hydrogens (primary N) is 2. The van der Waals surface area contributed by atoms with Gasteiger partial charge in [0.2, 0.25) is 0 Å². The zero-order valence-corrected chi connectivity index (χ0v) is 35.7. The van der Waals surface area contributed by atoms with E-state index in [0.29, 0.717) is 29.7 Å². The highest BCUT2D eigenvalue weighted by atomic mass is 16.5.